The largest absolute Gasteiger partial charge is 0.365 e. The van der Waals surface area contributed by atoms with Gasteiger partial charge < -0.3 is 0 Å². The second-order valence-electron chi connectivity index (χ2n) is 2.69. The third-order valence-electron chi connectivity index (χ3n) is 1.54. The van der Waals surface area contributed by atoms with Crippen LogP contribution in [0.2, 0.25) is 0 Å². The van der Waals surface area contributed by atoms with Gasteiger partial charge in [-0.2, -0.15) is 5.26 Å². The fourth-order valence-corrected chi connectivity index (χ4v) is 0.852. The molecule has 0 aliphatic heterocycles. The van der Waals surface area contributed by atoms with Crippen LogP contribution >= 0.6 is 0 Å². The van der Waals surface area contributed by atoms with Gasteiger partial charge in [0.1, 0.15) is 0 Å². The zero-order valence-electron chi connectivity index (χ0n) is 7.90. The average Bonchev–Trinajstić information content (AvgIpc) is 2.16. The molecule has 0 aliphatic rings. The van der Waals surface area contributed by atoms with E-state index in [2.05, 4.69) is 11.8 Å². The molecular formula is C10H16O3. The lowest BCUT2D eigenvalue weighted by Crippen LogP contribution is -1.93. The number of carbonyl (C=O) groups is 1. The highest BCUT2D eigenvalue weighted by Crippen LogP contribution is 1.99. The van der Waals surface area contributed by atoms with Gasteiger partial charge in [-0.15, -0.1) is 0 Å². The number of rotatable bonds is 6. The summed E-state index contributed by atoms with van der Waals surface area (Å²) in [5.74, 6) is -0.752. The zero-order chi connectivity index (χ0) is 9.94. The Morgan fingerprint density at radius 1 is 1.38 bits per heavy atom. The molecule has 0 heterocycles. The van der Waals surface area contributed by atoms with E-state index in [1.54, 1.807) is 12.2 Å². The Labute approximate surface area is 78.6 Å². The Kier molecular flexibility index (Phi) is 8.25. The molecular weight excluding hydrogens is 168 g/mol. The lowest BCUT2D eigenvalue weighted by Gasteiger charge is -1.89. The van der Waals surface area contributed by atoms with Crippen molar-refractivity contribution in [3.63, 3.8) is 0 Å². The fourth-order valence-electron chi connectivity index (χ4n) is 0.852. The molecule has 74 valence electrons. The van der Waals surface area contributed by atoms with Crippen molar-refractivity contribution < 1.29 is 14.9 Å². The second-order valence-corrected chi connectivity index (χ2v) is 2.69. The quantitative estimate of drug-likeness (QED) is 0.227. The normalized spacial score (nSPS) is 11.2. The summed E-state index contributed by atoms with van der Waals surface area (Å²) in [7, 11) is 0. The van der Waals surface area contributed by atoms with Gasteiger partial charge in [0.25, 0.3) is 0 Å². The number of hydrogen-bond donors (Lipinski definition) is 1. The number of unbranched alkanes of at least 4 members (excludes halogenated alkanes) is 3. The van der Waals surface area contributed by atoms with Crippen LogP contribution in [0.3, 0.4) is 0 Å². The summed E-state index contributed by atoms with van der Waals surface area (Å²) in [6, 6.07) is 0. The summed E-state index contributed by atoms with van der Waals surface area (Å²) in [5.41, 5.74) is 0. The molecule has 0 aromatic carbocycles. The second kappa shape index (κ2) is 9.00. The Hall–Kier alpha value is -1.09. The monoisotopic (exact) mass is 184 g/mol. The van der Waals surface area contributed by atoms with Gasteiger partial charge in [0, 0.05) is 6.08 Å². The molecule has 0 saturated heterocycles. The first-order valence-electron chi connectivity index (χ1n) is 4.49. The molecule has 0 radical (unpaired) electrons. The van der Waals surface area contributed by atoms with Crippen molar-refractivity contribution in [2.75, 3.05) is 0 Å². The van der Waals surface area contributed by atoms with E-state index in [-0.39, 0.29) is 0 Å². The summed E-state index contributed by atoms with van der Waals surface area (Å²) >= 11 is 0. The molecule has 0 unspecified atom stereocenters. The molecule has 0 aromatic rings. The van der Waals surface area contributed by atoms with Crippen LogP contribution in [0.15, 0.2) is 24.3 Å². The lowest BCUT2D eigenvalue weighted by molar-refractivity contribution is -0.228. The molecule has 0 spiro atoms. The molecule has 0 aliphatic carbocycles. The van der Waals surface area contributed by atoms with E-state index in [1.807, 2.05) is 6.08 Å². The molecule has 0 aromatic heterocycles. The van der Waals surface area contributed by atoms with Crippen molar-refractivity contribution in [1.82, 2.24) is 0 Å². The molecule has 0 atom stereocenters. The van der Waals surface area contributed by atoms with Crippen LogP contribution in [-0.2, 0) is 9.68 Å². The predicted molar refractivity (Wildman–Crippen MR) is 51.1 cm³/mol. The summed E-state index contributed by atoms with van der Waals surface area (Å²) in [6.45, 7) is 2.15. The minimum Gasteiger partial charge on any atom is -0.296 e. The molecule has 3 nitrogen and oxygen atoms in total. The van der Waals surface area contributed by atoms with Crippen molar-refractivity contribution in [3.8, 4) is 0 Å². The third kappa shape index (κ3) is 8.82. The highest BCUT2D eigenvalue weighted by atomic mass is 17.1. The average molecular weight is 184 g/mol. The number of carbonyl (C=O) groups excluding carboxylic acids is 1. The standard InChI is InChI=1S/C10H16O3/c1-2-3-4-5-6-7-8-9-10(11)13-12/h6-9,12H,2-5H2,1H3. The molecule has 13 heavy (non-hydrogen) atoms. The van der Waals surface area contributed by atoms with Crippen LogP contribution in [-0.4, -0.2) is 11.2 Å². The van der Waals surface area contributed by atoms with E-state index < -0.39 is 5.97 Å². The van der Waals surface area contributed by atoms with Crippen LogP contribution in [0.1, 0.15) is 32.6 Å². The van der Waals surface area contributed by atoms with E-state index in [0.717, 1.165) is 12.5 Å². The summed E-state index contributed by atoms with van der Waals surface area (Å²) in [5, 5.41) is 7.88. The van der Waals surface area contributed by atoms with Crippen LogP contribution < -0.4 is 0 Å². The van der Waals surface area contributed by atoms with Gasteiger partial charge in [0.2, 0.25) is 0 Å². The van der Waals surface area contributed by atoms with Gasteiger partial charge in [-0.1, -0.05) is 38.0 Å². The van der Waals surface area contributed by atoms with Gasteiger partial charge in [-0.05, 0) is 12.8 Å². The smallest absolute Gasteiger partial charge is 0.296 e. The molecule has 1 N–H and O–H groups in total. The Morgan fingerprint density at radius 2 is 2.15 bits per heavy atom. The summed E-state index contributed by atoms with van der Waals surface area (Å²) in [6.07, 6.45) is 11.1. The first-order chi connectivity index (χ1) is 6.31. The molecule has 3 heteroatoms. The minimum atomic E-state index is -0.752. The van der Waals surface area contributed by atoms with Gasteiger partial charge in [-0.25, -0.2) is 4.79 Å². The molecule has 0 fully saturated rings. The van der Waals surface area contributed by atoms with Gasteiger partial charge >= 0.3 is 5.97 Å². The SMILES string of the molecule is CCCCCC=CC=CC(=O)OO. The first kappa shape index (κ1) is 11.9. The molecule has 0 saturated carbocycles. The fraction of sp³-hybridized carbons (Fsp3) is 0.500. The summed E-state index contributed by atoms with van der Waals surface area (Å²) in [4.78, 5) is 13.8. The van der Waals surface area contributed by atoms with E-state index in [4.69, 9.17) is 5.26 Å². The van der Waals surface area contributed by atoms with Crippen molar-refractivity contribution in [2.24, 2.45) is 0 Å². The number of hydrogen-bond acceptors (Lipinski definition) is 3. The maximum atomic E-state index is 10.4. The maximum absolute atomic E-state index is 10.4. The van der Waals surface area contributed by atoms with Crippen molar-refractivity contribution in [3.05, 3.63) is 24.3 Å². The van der Waals surface area contributed by atoms with Crippen LogP contribution in [0.5, 0.6) is 0 Å². The van der Waals surface area contributed by atoms with Crippen LogP contribution in [0, 0.1) is 0 Å². The molecule has 0 amide bonds. The van der Waals surface area contributed by atoms with Crippen molar-refractivity contribution in [1.29, 1.82) is 0 Å². The highest BCUT2D eigenvalue weighted by Gasteiger charge is 1.89. The number of allylic oxidation sites excluding steroid dienone is 3. The third-order valence-corrected chi connectivity index (χ3v) is 1.54. The zero-order valence-corrected chi connectivity index (χ0v) is 7.90. The maximum Gasteiger partial charge on any atom is 0.365 e. The van der Waals surface area contributed by atoms with Crippen LogP contribution in [0.25, 0.3) is 0 Å². The van der Waals surface area contributed by atoms with Crippen molar-refractivity contribution in [2.45, 2.75) is 32.6 Å². The van der Waals surface area contributed by atoms with E-state index in [1.165, 1.54) is 19.3 Å². The lowest BCUT2D eigenvalue weighted by atomic mass is 10.2. The Bertz CT molecular complexity index is 183. The molecule has 0 bridgehead atoms. The molecule has 0 rings (SSSR count). The van der Waals surface area contributed by atoms with E-state index in [9.17, 15) is 4.79 Å². The van der Waals surface area contributed by atoms with E-state index in [0.29, 0.717) is 0 Å². The van der Waals surface area contributed by atoms with Gasteiger partial charge in [-0.3, -0.25) is 4.89 Å². The Balaban J connectivity index is 3.40. The van der Waals surface area contributed by atoms with Gasteiger partial charge in [0.15, 0.2) is 0 Å². The Morgan fingerprint density at radius 3 is 2.77 bits per heavy atom. The highest BCUT2D eigenvalue weighted by molar-refractivity contribution is 5.81. The van der Waals surface area contributed by atoms with Gasteiger partial charge in [0.05, 0.1) is 0 Å². The predicted octanol–water partition coefficient (Wildman–Crippen LogP) is 2.70. The van der Waals surface area contributed by atoms with Crippen molar-refractivity contribution >= 4 is 5.97 Å². The van der Waals surface area contributed by atoms with Crippen LogP contribution in [0.4, 0.5) is 0 Å². The first-order valence-corrected chi connectivity index (χ1v) is 4.49. The van der Waals surface area contributed by atoms with E-state index >= 15 is 0 Å². The minimum absolute atomic E-state index is 0.752. The topological polar surface area (TPSA) is 46.5 Å². The summed E-state index contributed by atoms with van der Waals surface area (Å²) < 4.78 is 0.